The second kappa shape index (κ2) is 6.26. The van der Waals surface area contributed by atoms with Crippen LogP contribution >= 0.6 is 15.9 Å². The van der Waals surface area contributed by atoms with Crippen molar-refractivity contribution in [1.29, 1.82) is 0 Å². The van der Waals surface area contributed by atoms with Crippen LogP contribution in [-0.2, 0) is 11.3 Å². The first-order chi connectivity index (χ1) is 9.86. The molecule has 1 heterocycles. The number of aryl methyl sites for hydroxylation is 3. The topological polar surface area (TPSA) is 51.1 Å². The van der Waals surface area contributed by atoms with Gasteiger partial charge < -0.3 is 9.88 Å². The average Bonchev–Trinajstić information content (AvgIpc) is 2.38. The summed E-state index contributed by atoms with van der Waals surface area (Å²) in [4.78, 5) is 24.1. The van der Waals surface area contributed by atoms with E-state index < -0.39 is 0 Å². The maximum Gasteiger partial charge on any atom is 0.253 e. The highest BCUT2D eigenvalue weighted by Crippen LogP contribution is 2.16. The number of pyridine rings is 1. The Labute approximate surface area is 131 Å². The van der Waals surface area contributed by atoms with Gasteiger partial charge in [0, 0.05) is 21.9 Å². The van der Waals surface area contributed by atoms with Crippen LogP contribution in [0.3, 0.4) is 0 Å². The van der Waals surface area contributed by atoms with E-state index in [1.54, 1.807) is 19.2 Å². The van der Waals surface area contributed by atoms with Gasteiger partial charge in [0.25, 0.3) is 5.56 Å². The van der Waals surface area contributed by atoms with Crippen LogP contribution in [0, 0.1) is 20.8 Å². The van der Waals surface area contributed by atoms with E-state index >= 15 is 0 Å². The highest BCUT2D eigenvalue weighted by molar-refractivity contribution is 9.10. The summed E-state index contributed by atoms with van der Waals surface area (Å²) in [6, 6.07) is 7.56. The molecule has 1 N–H and O–H groups in total. The zero-order valence-corrected chi connectivity index (χ0v) is 13.8. The number of nitrogens with one attached hydrogen (secondary N) is 1. The molecule has 4 nitrogen and oxygen atoms in total. The average molecular weight is 349 g/mol. The zero-order valence-electron chi connectivity index (χ0n) is 12.2. The smallest absolute Gasteiger partial charge is 0.253 e. The normalized spacial score (nSPS) is 10.5. The Morgan fingerprint density at radius 1 is 1.19 bits per heavy atom. The summed E-state index contributed by atoms with van der Waals surface area (Å²) in [5.74, 6) is -0.221. The lowest BCUT2D eigenvalue weighted by atomic mass is 10.1. The Morgan fingerprint density at radius 2 is 1.90 bits per heavy atom. The summed E-state index contributed by atoms with van der Waals surface area (Å²) in [6.07, 6.45) is 1.62. The van der Waals surface area contributed by atoms with Crippen LogP contribution in [0.2, 0.25) is 0 Å². The van der Waals surface area contributed by atoms with Crippen LogP contribution in [0.1, 0.15) is 16.7 Å². The standard InChI is InChI=1S/C16H17BrN2O2/c1-10-4-5-14(11(2)6-10)18-15(20)9-19-8-13(17)7-12(3)16(19)21/h4-8H,9H2,1-3H3,(H,18,20). The van der Waals surface area contributed by atoms with E-state index in [0.29, 0.717) is 5.56 Å². The van der Waals surface area contributed by atoms with Gasteiger partial charge in [0.05, 0.1) is 0 Å². The van der Waals surface area contributed by atoms with Crippen LogP contribution in [0.15, 0.2) is 39.7 Å². The Bertz CT molecular complexity index is 750. The first-order valence-electron chi connectivity index (χ1n) is 6.60. The van der Waals surface area contributed by atoms with Gasteiger partial charge in [0.2, 0.25) is 5.91 Å². The second-order valence-electron chi connectivity index (χ2n) is 5.14. The van der Waals surface area contributed by atoms with Crippen molar-refractivity contribution in [2.24, 2.45) is 0 Å². The minimum Gasteiger partial charge on any atom is -0.324 e. The molecule has 0 spiro atoms. The summed E-state index contributed by atoms with van der Waals surface area (Å²) >= 11 is 3.33. The van der Waals surface area contributed by atoms with Gasteiger partial charge in [-0.15, -0.1) is 0 Å². The van der Waals surface area contributed by atoms with Gasteiger partial charge in [-0.05, 0) is 54.4 Å². The molecular weight excluding hydrogens is 332 g/mol. The molecule has 1 aromatic heterocycles. The first kappa shape index (κ1) is 15.5. The van der Waals surface area contributed by atoms with E-state index in [0.717, 1.165) is 21.3 Å². The van der Waals surface area contributed by atoms with E-state index in [1.807, 2.05) is 32.0 Å². The fourth-order valence-electron chi connectivity index (χ4n) is 2.16. The predicted molar refractivity (Wildman–Crippen MR) is 87.7 cm³/mol. The predicted octanol–water partition coefficient (Wildman–Crippen LogP) is 3.17. The van der Waals surface area contributed by atoms with Crippen LogP contribution in [0.25, 0.3) is 0 Å². The number of rotatable bonds is 3. The van der Waals surface area contributed by atoms with Crippen LogP contribution < -0.4 is 10.9 Å². The molecule has 0 fully saturated rings. The van der Waals surface area contributed by atoms with E-state index in [-0.39, 0.29) is 18.0 Å². The van der Waals surface area contributed by atoms with Gasteiger partial charge in [-0.1, -0.05) is 17.7 Å². The largest absolute Gasteiger partial charge is 0.324 e. The van der Waals surface area contributed by atoms with E-state index in [1.165, 1.54) is 4.57 Å². The van der Waals surface area contributed by atoms with Crippen molar-refractivity contribution < 1.29 is 4.79 Å². The van der Waals surface area contributed by atoms with Crippen molar-refractivity contribution in [2.75, 3.05) is 5.32 Å². The fraction of sp³-hybridized carbons (Fsp3) is 0.250. The number of carbonyl (C=O) groups is 1. The summed E-state index contributed by atoms with van der Waals surface area (Å²) in [5, 5.41) is 2.84. The molecule has 0 saturated carbocycles. The Kier molecular flexibility index (Phi) is 4.63. The lowest BCUT2D eigenvalue weighted by Gasteiger charge is -2.11. The number of hydrogen-bond acceptors (Lipinski definition) is 2. The third-order valence-corrected chi connectivity index (χ3v) is 3.64. The molecular formula is C16H17BrN2O2. The summed E-state index contributed by atoms with van der Waals surface area (Å²) in [6.45, 7) is 5.67. The molecule has 0 aliphatic carbocycles. The molecule has 0 unspecified atom stereocenters. The number of benzene rings is 1. The molecule has 0 bridgehead atoms. The zero-order chi connectivity index (χ0) is 15.6. The van der Waals surface area contributed by atoms with Crippen molar-refractivity contribution >= 4 is 27.5 Å². The molecule has 1 aromatic carbocycles. The van der Waals surface area contributed by atoms with Gasteiger partial charge in [0.15, 0.2) is 0 Å². The van der Waals surface area contributed by atoms with E-state index in [4.69, 9.17) is 0 Å². The Hall–Kier alpha value is -1.88. The van der Waals surface area contributed by atoms with E-state index in [9.17, 15) is 9.59 Å². The Balaban J connectivity index is 2.17. The number of carbonyl (C=O) groups excluding carboxylic acids is 1. The van der Waals surface area contributed by atoms with Gasteiger partial charge in [-0.25, -0.2) is 0 Å². The molecule has 1 amide bonds. The second-order valence-corrected chi connectivity index (χ2v) is 6.06. The number of anilines is 1. The third kappa shape index (κ3) is 3.82. The van der Waals surface area contributed by atoms with Crippen LogP contribution in [0.4, 0.5) is 5.69 Å². The highest BCUT2D eigenvalue weighted by atomic mass is 79.9. The van der Waals surface area contributed by atoms with Crippen molar-refractivity contribution in [3.8, 4) is 0 Å². The SMILES string of the molecule is Cc1ccc(NC(=O)Cn2cc(Br)cc(C)c2=O)c(C)c1. The van der Waals surface area contributed by atoms with Crippen molar-refractivity contribution in [3.05, 3.63) is 62.0 Å². The van der Waals surface area contributed by atoms with Gasteiger partial charge in [0.1, 0.15) is 6.54 Å². The maximum atomic E-state index is 12.1. The van der Waals surface area contributed by atoms with E-state index in [2.05, 4.69) is 21.2 Å². The molecule has 110 valence electrons. The fourth-order valence-corrected chi connectivity index (χ4v) is 2.75. The number of amides is 1. The first-order valence-corrected chi connectivity index (χ1v) is 7.40. The molecule has 0 aliphatic rings. The van der Waals surface area contributed by atoms with Gasteiger partial charge in [-0.3, -0.25) is 9.59 Å². The van der Waals surface area contributed by atoms with Gasteiger partial charge >= 0.3 is 0 Å². The summed E-state index contributed by atoms with van der Waals surface area (Å²) in [5.41, 5.74) is 3.36. The minimum absolute atomic E-state index is 0.00751. The lowest BCUT2D eigenvalue weighted by Crippen LogP contribution is -2.28. The maximum absolute atomic E-state index is 12.1. The molecule has 0 aliphatic heterocycles. The monoisotopic (exact) mass is 348 g/mol. The Morgan fingerprint density at radius 3 is 2.57 bits per heavy atom. The number of nitrogens with zero attached hydrogens (tertiary/aromatic N) is 1. The molecule has 2 rings (SSSR count). The van der Waals surface area contributed by atoms with Crippen LogP contribution in [0.5, 0.6) is 0 Å². The minimum atomic E-state index is -0.221. The quantitative estimate of drug-likeness (QED) is 0.925. The summed E-state index contributed by atoms with van der Waals surface area (Å²) in [7, 11) is 0. The molecule has 0 saturated heterocycles. The lowest BCUT2D eigenvalue weighted by molar-refractivity contribution is -0.116. The van der Waals surface area contributed by atoms with Gasteiger partial charge in [-0.2, -0.15) is 0 Å². The molecule has 2 aromatic rings. The van der Waals surface area contributed by atoms with Crippen molar-refractivity contribution in [3.63, 3.8) is 0 Å². The molecule has 0 atom stereocenters. The summed E-state index contributed by atoms with van der Waals surface area (Å²) < 4.78 is 2.18. The van der Waals surface area contributed by atoms with Crippen molar-refractivity contribution in [2.45, 2.75) is 27.3 Å². The highest BCUT2D eigenvalue weighted by Gasteiger charge is 2.09. The number of aromatic nitrogens is 1. The van der Waals surface area contributed by atoms with Crippen molar-refractivity contribution in [1.82, 2.24) is 4.57 Å². The molecule has 5 heteroatoms. The molecule has 21 heavy (non-hydrogen) atoms. The van der Waals surface area contributed by atoms with Crippen LogP contribution in [-0.4, -0.2) is 10.5 Å². The number of hydrogen-bond donors (Lipinski definition) is 1. The third-order valence-electron chi connectivity index (χ3n) is 3.20. The number of halogens is 1. The molecule has 0 radical (unpaired) electrons.